The molecule has 6 nitrogen and oxygen atoms in total. The summed E-state index contributed by atoms with van der Waals surface area (Å²) in [7, 11) is 0. The Labute approximate surface area is 86.7 Å². The number of primary amides is 1. The van der Waals surface area contributed by atoms with Crippen molar-refractivity contribution in [3.63, 3.8) is 0 Å². The summed E-state index contributed by atoms with van der Waals surface area (Å²) in [6, 6.07) is 2.42. The Morgan fingerprint density at radius 2 is 2.27 bits per heavy atom. The predicted molar refractivity (Wildman–Crippen MR) is 54.7 cm³/mol. The van der Waals surface area contributed by atoms with Crippen molar-refractivity contribution in [1.82, 2.24) is 4.98 Å². The van der Waals surface area contributed by atoms with Crippen LogP contribution < -0.4 is 16.8 Å². The SMILES string of the molecule is NC(=O)CC(N)C(=O)Nc1cccnc1. The molecule has 1 aromatic heterocycles. The van der Waals surface area contributed by atoms with Crippen molar-refractivity contribution in [2.24, 2.45) is 11.5 Å². The molecule has 0 aromatic carbocycles. The standard InChI is InChI=1S/C9H12N4O2/c10-7(4-8(11)14)9(15)13-6-2-1-3-12-5-6/h1-3,5,7H,4,10H2,(H2,11,14)(H,13,15). The predicted octanol–water partition coefficient (Wildman–Crippen LogP) is -0.777. The van der Waals surface area contributed by atoms with Gasteiger partial charge in [-0.25, -0.2) is 0 Å². The molecule has 0 spiro atoms. The van der Waals surface area contributed by atoms with Crippen molar-refractivity contribution in [3.05, 3.63) is 24.5 Å². The summed E-state index contributed by atoms with van der Waals surface area (Å²) in [5.74, 6) is -1.06. The summed E-state index contributed by atoms with van der Waals surface area (Å²) in [6.07, 6.45) is 2.89. The Bertz CT molecular complexity index is 352. The maximum absolute atomic E-state index is 11.4. The van der Waals surface area contributed by atoms with Crippen LogP contribution in [-0.4, -0.2) is 22.8 Å². The van der Waals surface area contributed by atoms with Gasteiger partial charge >= 0.3 is 0 Å². The average Bonchev–Trinajstić information content (AvgIpc) is 2.18. The van der Waals surface area contributed by atoms with E-state index in [-0.39, 0.29) is 6.42 Å². The largest absolute Gasteiger partial charge is 0.370 e. The number of carbonyl (C=O) groups excluding carboxylic acids is 2. The molecule has 0 fully saturated rings. The summed E-state index contributed by atoms with van der Waals surface area (Å²) >= 11 is 0. The smallest absolute Gasteiger partial charge is 0.241 e. The lowest BCUT2D eigenvalue weighted by Gasteiger charge is -2.09. The maximum Gasteiger partial charge on any atom is 0.241 e. The Morgan fingerprint density at radius 3 is 2.80 bits per heavy atom. The fraction of sp³-hybridized carbons (Fsp3) is 0.222. The number of pyridine rings is 1. The van der Waals surface area contributed by atoms with Gasteiger partial charge in [-0.05, 0) is 12.1 Å². The average molecular weight is 208 g/mol. The van der Waals surface area contributed by atoms with E-state index in [1.165, 1.54) is 6.20 Å². The van der Waals surface area contributed by atoms with Crippen LogP contribution in [0.15, 0.2) is 24.5 Å². The fourth-order valence-electron chi connectivity index (χ4n) is 0.981. The van der Waals surface area contributed by atoms with Crippen molar-refractivity contribution >= 4 is 17.5 Å². The fourth-order valence-corrected chi connectivity index (χ4v) is 0.981. The summed E-state index contributed by atoms with van der Waals surface area (Å²) in [6.45, 7) is 0. The summed E-state index contributed by atoms with van der Waals surface area (Å²) in [5.41, 5.74) is 10.9. The highest BCUT2D eigenvalue weighted by atomic mass is 16.2. The Kier molecular flexibility index (Phi) is 3.75. The molecule has 0 saturated heterocycles. The Balaban J connectivity index is 2.52. The first-order chi connectivity index (χ1) is 7.09. The number of nitrogens with two attached hydrogens (primary N) is 2. The minimum atomic E-state index is -0.928. The lowest BCUT2D eigenvalue weighted by molar-refractivity contribution is -0.123. The highest BCUT2D eigenvalue weighted by molar-refractivity contribution is 5.97. The molecule has 80 valence electrons. The second kappa shape index (κ2) is 5.06. The number of hydrogen-bond acceptors (Lipinski definition) is 4. The summed E-state index contributed by atoms with van der Waals surface area (Å²) in [4.78, 5) is 25.7. The van der Waals surface area contributed by atoms with E-state index in [1.807, 2.05) is 0 Å². The van der Waals surface area contributed by atoms with Gasteiger partial charge in [0.2, 0.25) is 11.8 Å². The number of aromatic nitrogens is 1. The molecule has 1 atom stereocenters. The van der Waals surface area contributed by atoms with Crippen LogP contribution in [0.1, 0.15) is 6.42 Å². The molecule has 2 amide bonds. The van der Waals surface area contributed by atoms with Crippen molar-refractivity contribution < 1.29 is 9.59 Å². The molecule has 0 aliphatic rings. The molecule has 0 aliphatic heterocycles. The molecule has 0 bridgehead atoms. The van der Waals surface area contributed by atoms with Crippen LogP contribution in [0.3, 0.4) is 0 Å². The highest BCUT2D eigenvalue weighted by Gasteiger charge is 2.15. The van der Waals surface area contributed by atoms with Gasteiger partial charge in [-0.3, -0.25) is 14.6 Å². The summed E-state index contributed by atoms with van der Waals surface area (Å²) in [5, 5.41) is 2.51. The third-order valence-electron chi connectivity index (χ3n) is 1.69. The van der Waals surface area contributed by atoms with Gasteiger partial charge in [-0.1, -0.05) is 0 Å². The number of nitrogens with zero attached hydrogens (tertiary/aromatic N) is 1. The molecule has 6 heteroatoms. The molecule has 1 aromatic rings. The quantitative estimate of drug-likeness (QED) is 0.602. The van der Waals surface area contributed by atoms with Crippen LogP contribution in [0.2, 0.25) is 0 Å². The first-order valence-corrected chi connectivity index (χ1v) is 4.34. The first kappa shape index (κ1) is 11.1. The summed E-state index contributed by atoms with van der Waals surface area (Å²) < 4.78 is 0. The van der Waals surface area contributed by atoms with Gasteiger partial charge in [0.25, 0.3) is 0 Å². The van der Waals surface area contributed by atoms with Crippen LogP contribution in [0, 0.1) is 0 Å². The number of anilines is 1. The Hall–Kier alpha value is -1.95. The molecule has 0 radical (unpaired) electrons. The molecule has 1 unspecified atom stereocenters. The molecule has 0 aliphatic carbocycles. The van der Waals surface area contributed by atoms with E-state index in [2.05, 4.69) is 10.3 Å². The maximum atomic E-state index is 11.4. The molecule has 0 saturated carbocycles. The molecular weight excluding hydrogens is 196 g/mol. The highest BCUT2D eigenvalue weighted by Crippen LogP contribution is 2.03. The van der Waals surface area contributed by atoms with E-state index in [1.54, 1.807) is 18.3 Å². The Morgan fingerprint density at radius 1 is 1.53 bits per heavy atom. The van der Waals surface area contributed by atoms with Crippen molar-refractivity contribution in [1.29, 1.82) is 0 Å². The number of hydrogen-bond donors (Lipinski definition) is 3. The zero-order valence-electron chi connectivity index (χ0n) is 8.01. The zero-order chi connectivity index (χ0) is 11.3. The van der Waals surface area contributed by atoms with Gasteiger partial charge in [-0.15, -0.1) is 0 Å². The number of carbonyl (C=O) groups is 2. The van der Waals surface area contributed by atoms with Crippen LogP contribution in [0.25, 0.3) is 0 Å². The van der Waals surface area contributed by atoms with Crippen molar-refractivity contribution in [3.8, 4) is 0 Å². The van der Waals surface area contributed by atoms with Gasteiger partial charge in [0.15, 0.2) is 0 Å². The van der Waals surface area contributed by atoms with E-state index in [0.717, 1.165) is 0 Å². The van der Waals surface area contributed by atoms with E-state index in [9.17, 15) is 9.59 Å². The normalized spacial score (nSPS) is 11.8. The first-order valence-electron chi connectivity index (χ1n) is 4.34. The van der Waals surface area contributed by atoms with E-state index in [4.69, 9.17) is 11.5 Å². The minimum absolute atomic E-state index is 0.175. The van der Waals surface area contributed by atoms with E-state index < -0.39 is 17.9 Å². The molecule has 1 heterocycles. The second-order valence-corrected chi connectivity index (χ2v) is 3.01. The molecule has 5 N–H and O–H groups in total. The van der Waals surface area contributed by atoms with Crippen LogP contribution in [0.4, 0.5) is 5.69 Å². The van der Waals surface area contributed by atoms with Crippen molar-refractivity contribution in [2.75, 3.05) is 5.32 Å². The van der Waals surface area contributed by atoms with E-state index >= 15 is 0 Å². The molecular formula is C9H12N4O2. The van der Waals surface area contributed by atoms with Gasteiger partial charge in [0.05, 0.1) is 24.3 Å². The lowest BCUT2D eigenvalue weighted by atomic mass is 10.2. The second-order valence-electron chi connectivity index (χ2n) is 3.01. The van der Waals surface area contributed by atoms with E-state index in [0.29, 0.717) is 5.69 Å². The zero-order valence-corrected chi connectivity index (χ0v) is 8.01. The third kappa shape index (κ3) is 3.74. The van der Waals surface area contributed by atoms with Gasteiger partial charge < -0.3 is 16.8 Å². The number of nitrogens with one attached hydrogen (secondary N) is 1. The molecule has 15 heavy (non-hydrogen) atoms. The van der Waals surface area contributed by atoms with Crippen LogP contribution in [-0.2, 0) is 9.59 Å². The third-order valence-corrected chi connectivity index (χ3v) is 1.69. The molecule has 1 rings (SSSR count). The number of rotatable bonds is 4. The van der Waals surface area contributed by atoms with Crippen molar-refractivity contribution in [2.45, 2.75) is 12.5 Å². The van der Waals surface area contributed by atoms with Crippen LogP contribution >= 0.6 is 0 Å². The number of amides is 2. The van der Waals surface area contributed by atoms with Gasteiger partial charge in [0, 0.05) is 6.20 Å². The monoisotopic (exact) mass is 208 g/mol. The van der Waals surface area contributed by atoms with Gasteiger partial charge in [0.1, 0.15) is 0 Å². The van der Waals surface area contributed by atoms with Gasteiger partial charge in [-0.2, -0.15) is 0 Å². The topological polar surface area (TPSA) is 111 Å². The van der Waals surface area contributed by atoms with Crippen LogP contribution in [0.5, 0.6) is 0 Å². The lowest BCUT2D eigenvalue weighted by Crippen LogP contribution is -2.38. The minimum Gasteiger partial charge on any atom is -0.370 e.